The van der Waals surface area contributed by atoms with Crippen LogP contribution in [-0.4, -0.2) is 6.04 Å². The molecule has 0 aliphatic carbocycles. The molecule has 0 aromatic carbocycles. The fourth-order valence-electron chi connectivity index (χ4n) is 1.40. The van der Waals surface area contributed by atoms with Crippen LogP contribution in [0, 0.1) is 0 Å². The van der Waals surface area contributed by atoms with Gasteiger partial charge in [0.1, 0.15) is 0 Å². The summed E-state index contributed by atoms with van der Waals surface area (Å²) in [6, 6.07) is 0.576. The van der Waals surface area contributed by atoms with E-state index in [1.165, 1.54) is 11.3 Å². The van der Waals surface area contributed by atoms with E-state index in [1.807, 2.05) is 12.2 Å². The largest absolute Gasteiger partial charge is 0.382 e. The van der Waals surface area contributed by atoms with Crippen LogP contribution in [-0.2, 0) is 0 Å². The molecule has 0 aromatic heterocycles. The molecule has 0 amide bonds. The van der Waals surface area contributed by atoms with Crippen molar-refractivity contribution < 1.29 is 0 Å². The first-order valence-corrected chi connectivity index (χ1v) is 4.02. The molecule has 1 atom stereocenters. The molecule has 1 heteroatoms. The summed E-state index contributed by atoms with van der Waals surface area (Å²) in [6.07, 6.45) is 7.14. The first-order chi connectivity index (χ1) is 5.27. The highest BCUT2D eigenvalue weighted by atomic mass is 15.0. The van der Waals surface area contributed by atoms with Gasteiger partial charge >= 0.3 is 0 Å². The van der Waals surface area contributed by atoms with Gasteiger partial charge < -0.3 is 5.32 Å². The molecule has 1 fully saturated rings. The molecule has 0 saturated carbocycles. The van der Waals surface area contributed by atoms with Crippen LogP contribution in [0.1, 0.15) is 20.3 Å². The van der Waals surface area contributed by atoms with Gasteiger partial charge in [-0.05, 0) is 31.9 Å². The highest BCUT2D eigenvalue weighted by Crippen LogP contribution is 2.21. The normalized spacial score (nSPS) is 30.9. The summed E-state index contributed by atoms with van der Waals surface area (Å²) in [7, 11) is 0. The molecule has 60 valence electrons. The fraction of sp³-hybridized carbons (Fsp3) is 0.400. The van der Waals surface area contributed by atoms with Crippen molar-refractivity contribution in [2.24, 2.45) is 0 Å². The maximum Gasteiger partial charge on any atom is 0.0372 e. The van der Waals surface area contributed by atoms with Crippen LogP contribution >= 0.6 is 0 Å². The number of nitrogens with one attached hydrogen (secondary N) is 1. The number of hydrogen-bond acceptors (Lipinski definition) is 1. The average molecular weight is 149 g/mol. The third-order valence-corrected chi connectivity index (χ3v) is 1.91. The van der Waals surface area contributed by atoms with Gasteiger partial charge in [0, 0.05) is 11.7 Å². The molecule has 1 unspecified atom stereocenters. The monoisotopic (exact) mass is 149 g/mol. The molecule has 1 heterocycles. The molecule has 0 bridgehead atoms. The number of rotatable bonds is 1. The van der Waals surface area contributed by atoms with E-state index in [1.54, 1.807) is 0 Å². The summed E-state index contributed by atoms with van der Waals surface area (Å²) in [6.45, 7) is 7.94. The molecule has 0 radical (unpaired) electrons. The second kappa shape index (κ2) is 3.42. The van der Waals surface area contributed by atoms with E-state index in [4.69, 9.17) is 0 Å². The quantitative estimate of drug-likeness (QED) is 0.603. The molecule has 1 N–H and O–H groups in total. The van der Waals surface area contributed by atoms with Crippen LogP contribution in [0.15, 0.2) is 36.1 Å². The van der Waals surface area contributed by atoms with Crippen molar-refractivity contribution in [2.45, 2.75) is 26.3 Å². The van der Waals surface area contributed by atoms with Gasteiger partial charge in [0.25, 0.3) is 0 Å². The second-order valence-electron chi connectivity index (χ2n) is 2.88. The zero-order chi connectivity index (χ0) is 8.27. The molecule has 1 saturated heterocycles. The van der Waals surface area contributed by atoms with Crippen LogP contribution in [0.3, 0.4) is 0 Å². The Kier molecular flexibility index (Phi) is 2.53. The molecule has 1 nitrogen and oxygen atoms in total. The lowest BCUT2D eigenvalue weighted by Crippen LogP contribution is -2.15. The van der Waals surface area contributed by atoms with Gasteiger partial charge in [-0.25, -0.2) is 0 Å². The van der Waals surface area contributed by atoms with E-state index in [9.17, 15) is 0 Å². The Morgan fingerprint density at radius 1 is 1.64 bits per heavy atom. The Morgan fingerprint density at radius 2 is 2.36 bits per heavy atom. The summed E-state index contributed by atoms with van der Waals surface area (Å²) >= 11 is 0. The Balaban J connectivity index is 2.81. The fourth-order valence-corrected chi connectivity index (χ4v) is 1.40. The first-order valence-electron chi connectivity index (χ1n) is 4.02. The number of hydrogen-bond donors (Lipinski definition) is 1. The van der Waals surface area contributed by atoms with Crippen molar-refractivity contribution in [3.05, 3.63) is 36.1 Å². The lowest BCUT2D eigenvalue weighted by Gasteiger charge is -2.00. The molecular weight excluding hydrogens is 134 g/mol. The maximum absolute atomic E-state index is 3.67. The smallest absolute Gasteiger partial charge is 0.0372 e. The summed E-state index contributed by atoms with van der Waals surface area (Å²) in [5, 5.41) is 3.38. The Hall–Kier alpha value is -0.980. The van der Waals surface area contributed by atoms with Gasteiger partial charge in [0.2, 0.25) is 0 Å². The lowest BCUT2D eigenvalue weighted by atomic mass is 10.1. The van der Waals surface area contributed by atoms with E-state index in [0.29, 0.717) is 6.04 Å². The molecule has 1 rings (SSSR count). The van der Waals surface area contributed by atoms with Crippen LogP contribution in [0.25, 0.3) is 0 Å². The van der Waals surface area contributed by atoms with Crippen molar-refractivity contribution in [1.82, 2.24) is 5.32 Å². The summed E-state index contributed by atoms with van der Waals surface area (Å²) < 4.78 is 0. The van der Waals surface area contributed by atoms with Crippen LogP contribution < -0.4 is 5.32 Å². The van der Waals surface area contributed by atoms with Crippen molar-refractivity contribution in [3.63, 3.8) is 0 Å². The highest BCUT2D eigenvalue weighted by Gasteiger charge is 2.17. The Labute approximate surface area is 68.5 Å². The van der Waals surface area contributed by atoms with E-state index in [0.717, 1.165) is 6.42 Å². The van der Waals surface area contributed by atoms with E-state index in [2.05, 4.69) is 31.8 Å². The third kappa shape index (κ3) is 1.73. The van der Waals surface area contributed by atoms with Crippen molar-refractivity contribution in [2.75, 3.05) is 0 Å². The Bertz CT molecular complexity index is 211. The van der Waals surface area contributed by atoms with Gasteiger partial charge in [0.05, 0.1) is 0 Å². The molecule has 11 heavy (non-hydrogen) atoms. The van der Waals surface area contributed by atoms with Crippen molar-refractivity contribution in [3.8, 4) is 0 Å². The predicted molar refractivity (Wildman–Crippen MR) is 49.3 cm³/mol. The summed E-state index contributed by atoms with van der Waals surface area (Å²) in [4.78, 5) is 0. The zero-order valence-corrected chi connectivity index (χ0v) is 7.22. The minimum Gasteiger partial charge on any atom is -0.382 e. The van der Waals surface area contributed by atoms with E-state index < -0.39 is 0 Å². The minimum absolute atomic E-state index is 0.576. The van der Waals surface area contributed by atoms with Crippen molar-refractivity contribution >= 4 is 0 Å². The highest BCUT2D eigenvalue weighted by molar-refractivity contribution is 5.36. The van der Waals surface area contributed by atoms with E-state index >= 15 is 0 Å². The van der Waals surface area contributed by atoms with Gasteiger partial charge in [-0.3, -0.25) is 0 Å². The Morgan fingerprint density at radius 3 is 2.91 bits per heavy atom. The SMILES string of the molecule is C=C/C=C1/NC(C)C/C1=C/C. The second-order valence-corrected chi connectivity index (χ2v) is 2.88. The molecule has 1 aliphatic heterocycles. The van der Waals surface area contributed by atoms with Crippen LogP contribution in [0.5, 0.6) is 0 Å². The average Bonchev–Trinajstić information content (AvgIpc) is 2.32. The molecule has 0 spiro atoms. The summed E-state index contributed by atoms with van der Waals surface area (Å²) in [5.74, 6) is 0. The van der Waals surface area contributed by atoms with Gasteiger partial charge in [-0.15, -0.1) is 0 Å². The van der Waals surface area contributed by atoms with Crippen LogP contribution in [0.4, 0.5) is 0 Å². The first kappa shape index (κ1) is 8.12. The van der Waals surface area contributed by atoms with Crippen LogP contribution in [0.2, 0.25) is 0 Å². The number of allylic oxidation sites excluding steroid dienone is 4. The van der Waals surface area contributed by atoms with Gasteiger partial charge in [0.15, 0.2) is 0 Å². The van der Waals surface area contributed by atoms with Crippen molar-refractivity contribution in [1.29, 1.82) is 0 Å². The van der Waals surface area contributed by atoms with E-state index in [-0.39, 0.29) is 0 Å². The molecular formula is C10H15N. The van der Waals surface area contributed by atoms with Gasteiger partial charge in [-0.1, -0.05) is 18.7 Å². The maximum atomic E-state index is 3.67. The summed E-state index contributed by atoms with van der Waals surface area (Å²) in [5.41, 5.74) is 2.63. The topological polar surface area (TPSA) is 12.0 Å². The molecule has 0 aromatic rings. The minimum atomic E-state index is 0.576. The third-order valence-electron chi connectivity index (χ3n) is 1.91. The zero-order valence-electron chi connectivity index (χ0n) is 7.22. The molecule has 1 aliphatic rings. The lowest BCUT2D eigenvalue weighted by molar-refractivity contribution is 0.692. The standard InChI is InChI=1S/C10H15N/c1-4-6-10-9(5-2)7-8(3)11-10/h4-6,8,11H,1,7H2,2-3H3/b9-5-,10-6+. The predicted octanol–water partition coefficient (Wildman–Crippen LogP) is 2.38. The van der Waals surface area contributed by atoms with Gasteiger partial charge in [-0.2, -0.15) is 0 Å².